The van der Waals surface area contributed by atoms with Crippen molar-refractivity contribution < 1.29 is 38.2 Å². The van der Waals surface area contributed by atoms with Crippen LogP contribution >= 0.6 is 0 Å². The number of likely N-dealkylation sites (N-methyl/N-ethyl adjacent to an activating group) is 1. The molecule has 282 valence electrons. The molecule has 0 aromatic rings. The van der Waals surface area contributed by atoms with Gasteiger partial charge in [-0.15, -0.1) is 0 Å². The van der Waals surface area contributed by atoms with Crippen LogP contribution in [0, 0.1) is 0 Å². The fourth-order valence-corrected chi connectivity index (χ4v) is 5.77. The maximum Gasteiger partial charge on any atom is 0.306 e. The van der Waals surface area contributed by atoms with E-state index in [4.69, 9.17) is 14.2 Å². The molecule has 0 spiro atoms. The summed E-state index contributed by atoms with van der Waals surface area (Å²) in [5.41, 5.74) is 0. The third-order valence-electron chi connectivity index (χ3n) is 8.90. The molecular formula is C40H75NO7. The second-order valence-corrected chi connectivity index (χ2v) is 14.5. The number of rotatable bonds is 35. The van der Waals surface area contributed by atoms with Crippen molar-refractivity contribution in [2.45, 2.75) is 187 Å². The summed E-state index contributed by atoms with van der Waals surface area (Å²) in [6.45, 7) is 4.62. The molecule has 0 radical (unpaired) electrons. The Labute approximate surface area is 295 Å². The molecule has 0 fully saturated rings. The first-order chi connectivity index (χ1) is 23.1. The van der Waals surface area contributed by atoms with Crippen LogP contribution in [0.25, 0.3) is 0 Å². The smallest absolute Gasteiger partial charge is 0.306 e. The number of allylic oxidation sites excluding steroid dienone is 2. The topological polar surface area (TPSA) is 102 Å². The zero-order chi connectivity index (χ0) is 35.7. The van der Waals surface area contributed by atoms with Crippen LogP contribution in [0.1, 0.15) is 174 Å². The molecule has 2 unspecified atom stereocenters. The second kappa shape index (κ2) is 32.3. The Bertz CT molecular complexity index is 808. The van der Waals surface area contributed by atoms with Gasteiger partial charge in [-0.2, -0.15) is 0 Å². The number of esters is 2. The predicted octanol–water partition coefficient (Wildman–Crippen LogP) is 8.63. The van der Waals surface area contributed by atoms with Gasteiger partial charge < -0.3 is 28.6 Å². The molecule has 8 nitrogen and oxygen atoms in total. The number of quaternary nitrogens is 1. The predicted molar refractivity (Wildman–Crippen MR) is 194 cm³/mol. The van der Waals surface area contributed by atoms with Crippen molar-refractivity contribution in [3.63, 3.8) is 0 Å². The van der Waals surface area contributed by atoms with Crippen LogP contribution in [0.4, 0.5) is 0 Å². The van der Waals surface area contributed by atoms with E-state index in [-0.39, 0.29) is 42.7 Å². The van der Waals surface area contributed by atoms with Crippen LogP contribution in [-0.4, -0.2) is 75.5 Å². The van der Waals surface area contributed by atoms with E-state index in [1.807, 2.05) is 0 Å². The minimum absolute atomic E-state index is 0.0425. The molecule has 0 saturated carbocycles. The minimum atomic E-state index is -1.13. The average molecular weight is 682 g/mol. The summed E-state index contributed by atoms with van der Waals surface area (Å²) in [4.78, 5) is 36.6. The standard InChI is InChI=1S/C40H75NO7/c1-6-8-10-12-14-16-17-18-19-20-21-22-23-25-26-28-30-38(42)47-35-36(34-46-33-32-37(40(44)45)41(3,4)5)48-39(43)31-29-27-24-15-13-11-9-7-2/h19-20,36-37H,6-18,21-35H2,1-5H3/b20-19+. The third-order valence-corrected chi connectivity index (χ3v) is 8.90. The number of unbranched alkanes of at least 4 members (excludes halogenated alkanes) is 19. The lowest BCUT2D eigenvalue weighted by atomic mass is 10.1. The van der Waals surface area contributed by atoms with E-state index in [0.717, 1.165) is 51.4 Å². The number of carboxylic acid groups (broad SMARTS) is 1. The Kier molecular flexibility index (Phi) is 31.0. The van der Waals surface area contributed by atoms with Gasteiger partial charge in [0, 0.05) is 19.3 Å². The van der Waals surface area contributed by atoms with E-state index < -0.39 is 18.1 Å². The average Bonchev–Trinajstić information content (AvgIpc) is 3.03. The van der Waals surface area contributed by atoms with Crippen molar-refractivity contribution in [3.8, 4) is 0 Å². The molecule has 0 aliphatic heterocycles. The van der Waals surface area contributed by atoms with Gasteiger partial charge in [0.15, 0.2) is 6.10 Å². The van der Waals surface area contributed by atoms with Crippen molar-refractivity contribution in [2.75, 3.05) is 41.0 Å². The first-order valence-electron chi connectivity index (χ1n) is 19.7. The highest BCUT2D eigenvalue weighted by molar-refractivity contribution is 5.70. The molecule has 0 aromatic carbocycles. The highest BCUT2D eigenvalue weighted by Gasteiger charge is 2.25. The Morgan fingerprint density at radius 1 is 0.604 bits per heavy atom. The molecule has 0 saturated heterocycles. The molecule has 48 heavy (non-hydrogen) atoms. The fraction of sp³-hybridized carbons (Fsp3) is 0.875. The van der Waals surface area contributed by atoms with E-state index in [1.165, 1.54) is 89.9 Å². The number of carboxylic acids is 1. The van der Waals surface area contributed by atoms with Gasteiger partial charge in [-0.3, -0.25) is 9.59 Å². The highest BCUT2D eigenvalue weighted by atomic mass is 16.6. The molecule has 0 aromatic heterocycles. The Morgan fingerprint density at radius 3 is 1.50 bits per heavy atom. The summed E-state index contributed by atoms with van der Waals surface area (Å²) < 4.78 is 17.0. The van der Waals surface area contributed by atoms with Crippen molar-refractivity contribution >= 4 is 17.9 Å². The summed E-state index contributed by atoms with van der Waals surface area (Å²) in [5.74, 6) is -1.74. The summed E-state index contributed by atoms with van der Waals surface area (Å²) in [5, 5.41) is 11.6. The van der Waals surface area contributed by atoms with E-state index in [2.05, 4.69) is 26.0 Å². The second-order valence-electron chi connectivity index (χ2n) is 14.5. The van der Waals surface area contributed by atoms with Crippen molar-refractivity contribution in [1.29, 1.82) is 0 Å². The van der Waals surface area contributed by atoms with Crippen molar-refractivity contribution in [3.05, 3.63) is 12.2 Å². The molecule has 0 heterocycles. The highest BCUT2D eigenvalue weighted by Crippen LogP contribution is 2.13. The molecular weight excluding hydrogens is 606 g/mol. The molecule has 0 aliphatic rings. The van der Waals surface area contributed by atoms with Gasteiger partial charge in [-0.1, -0.05) is 129 Å². The van der Waals surface area contributed by atoms with Gasteiger partial charge in [-0.25, -0.2) is 0 Å². The van der Waals surface area contributed by atoms with E-state index >= 15 is 0 Å². The van der Waals surface area contributed by atoms with Gasteiger partial charge in [-0.05, 0) is 38.5 Å². The van der Waals surface area contributed by atoms with Crippen LogP contribution in [-0.2, 0) is 28.6 Å². The molecule has 0 bridgehead atoms. The Balaban J connectivity index is 4.32. The van der Waals surface area contributed by atoms with Crippen LogP contribution in [0.3, 0.4) is 0 Å². The number of aliphatic carboxylic acids is 1. The van der Waals surface area contributed by atoms with Gasteiger partial charge in [0.25, 0.3) is 0 Å². The summed E-state index contributed by atoms with van der Waals surface area (Å²) in [7, 11) is 5.39. The molecule has 0 rings (SSSR count). The molecule has 8 heteroatoms. The largest absolute Gasteiger partial charge is 0.544 e. The number of carbonyl (C=O) groups is 3. The van der Waals surface area contributed by atoms with Crippen LogP contribution in [0.5, 0.6) is 0 Å². The maximum absolute atomic E-state index is 12.6. The van der Waals surface area contributed by atoms with E-state index in [9.17, 15) is 19.5 Å². The Morgan fingerprint density at radius 2 is 1.04 bits per heavy atom. The SMILES string of the molecule is CCCCCCCCC/C=C/CCCCCCCC(=O)OCC(COCCC(C(=O)[O-])[N+](C)(C)C)OC(=O)CCCCCCCCCC. The van der Waals surface area contributed by atoms with Crippen molar-refractivity contribution in [2.24, 2.45) is 0 Å². The number of hydrogen-bond acceptors (Lipinski definition) is 7. The molecule has 0 N–H and O–H groups in total. The van der Waals surface area contributed by atoms with Crippen molar-refractivity contribution in [1.82, 2.24) is 0 Å². The minimum Gasteiger partial charge on any atom is -0.544 e. The normalized spacial score (nSPS) is 13.1. The van der Waals surface area contributed by atoms with Gasteiger partial charge in [0.05, 0.1) is 40.3 Å². The molecule has 0 amide bonds. The summed E-state index contributed by atoms with van der Waals surface area (Å²) >= 11 is 0. The maximum atomic E-state index is 12.6. The van der Waals surface area contributed by atoms with E-state index in [1.54, 1.807) is 21.1 Å². The Hall–Kier alpha value is -1.93. The number of hydrogen-bond donors (Lipinski definition) is 0. The van der Waals surface area contributed by atoms with Gasteiger partial charge >= 0.3 is 11.9 Å². The molecule has 2 atom stereocenters. The first kappa shape index (κ1) is 46.1. The first-order valence-corrected chi connectivity index (χ1v) is 19.7. The monoisotopic (exact) mass is 682 g/mol. The molecule has 0 aliphatic carbocycles. The van der Waals surface area contributed by atoms with Crippen LogP contribution < -0.4 is 5.11 Å². The van der Waals surface area contributed by atoms with Crippen LogP contribution in [0.15, 0.2) is 12.2 Å². The quantitative estimate of drug-likeness (QED) is 0.0286. The number of carbonyl (C=O) groups excluding carboxylic acids is 3. The third kappa shape index (κ3) is 30.2. The van der Waals surface area contributed by atoms with Gasteiger partial charge in [0.2, 0.25) is 0 Å². The van der Waals surface area contributed by atoms with Gasteiger partial charge in [0.1, 0.15) is 12.6 Å². The lowest BCUT2D eigenvalue weighted by Crippen LogP contribution is -2.55. The summed E-state index contributed by atoms with van der Waals surface area (Å²) in [6, 6.07) is -0.720. The lowest BCUT2D eigenvalue weighted by molar-refractivity contribution is -0.889. The summed E-state index contributed by atoms with van der Waals surface area (Å²) in [6.07, 6.45) is 31.0. The fourth-order valence-electron chi connectivity index (χ4n) is 5.77. The zero-order valence-corrected chi connectivity index (χ0v) is 31.9. The lowest BCUT2D eigenvalue weighted by Gasteiger charge is -2.34. The number of nitrogens with zero attached hydrogens (tertiary/aromatic N) is 1. The van der Waals surface area contributed by atoms with E-state index in [0.29, 0.717) is 12.8 Å². The zero-order valence-electron chi connectivity index (χ0n) is 31.9. The number of ether oxygens (including phenoxy) is 3. The van der Waals surface area contributed by atoms with Crippen LogP contribution in [0.2, 0.25) is 0 Å².